The summed E-state index contributed by atoms with van der Waals surface area (Å²) < 4.78 is 13.1. The van der Waals surface area contributed by atoms with Gasteiger partial charge in [-0.15, -0.1) is 0 Å². The van der Waals surface area contributed by atoms with E-state index in [4.69, 9.17) is 0 Å². The van der Waals surface area contributed by atoms with Crippen LogP contribution >= 0.6 is 0 Å². The van der Waals surface area contributed by atoms with Crippen LogP contribution in [0.1, 0.15) is 11.1 Å². The fourth-order valence-electron chi connectivity index (χ4n) is 1.69. The first-order valence-electron chi connectivity index (χ1n) is 5.79. The highest BCUT2D eigenvalue weighted by Gasteiger charge is 2.04. The number of nitrogens with zero attached hydrogens (tertiary/aromatic N) is 1. The molecule has 2 aromatic rings. The first-order valence-corrected chi connectivity index (χ1v) is 5.79. The van der Waals surface area contributed by atoms with Crippen LogP contribution in [-0.4, -0.2) is 4.92 Å². The first-order chi connectivity index (χ1) is 9.06. The molecule has 0 amide bonds. The highest BCUT2D eigenvalue weighted by Crippen LogP contribution is 2.16. The second-order valence-corrected chi connectivity index (χ2v) is 4.24. The van der Waals surface area contributed by atoms with Gasteiger partial charge in [0.2, 0.25) is 0 Å². The second kappa shape index (κ2) is 5.48. The van der Waals surface area contributed by atoms with Gasteiger partial charge in [-0.05, 0) is 36.2 Å². The maximum absolute atomic E-state index is 13.1. The van der Waals surface area contributed by atoms with Crippen molar-refractivity contribution in [2.45, 2.75) is 13.5 Å². The molecule has 4 nitrogen and oxygen atoms in total. The molecule has 0 aliphatic heterocycles. The van der Waals surface area contributed by atoms with Crippen LogP contribution in [-0.2, 0) is 6.54 Å². The molecular formula is C14H13FN2O2. The van der Waals surface area contributed by atoms with Gasteiger partial charge in [0, 0.05) is 24.4 Å². The molecule has 0 fully saturated rings. The maximum Gasteiger partial charge on any atom is 0.269 e. The zero-order chi connectivity index (χ0) is 13.8. The number of hydrogen-bond donors (Lipinski definition) is 1. The van der Waals surface area contributed by atoms with Gasteiger partial charge >= 0.3 is 0 Å². The largest absolute Gasteiger partial charge is 0.381 e. The van der Waals surface area contributed by atoms with Gasteiger partial charge in [0.05, 0.1) is 4.92 Å². The minimum absolute atomic E-state index is 0.0707. The summed E-state index contributed by atoms with van der Waals surface area (Å²) in [5, 5.41) is 13.7. The minimum atomic E-state index is -0.430. The SMILES string of the molecule is Cc1cc(NCc2ccc([N+](=O)[O-])cc2)ccc1F. The van der Waals surface area contributed by atoms with Crippen molar-refractivity contribution in [3.63, 3.8) is 0 Å². The maximum atomic E-state index is 13.1. The molecule has 0 aliphatic rings. The van der Waals surface area contributed by atoms with Gasteiger partial charge in [0.25, 0.3) is 5.69 Å². The van der Waals surface area contributed by atoms with E-state index in [-0.39, 0.29) is 11.5 Å². The van der Waals surface area contributed by atoms with Gasteiger partial charge in [-0.2, -0.15) is 0 Å². The van der Waals surface area contributed by atoms with Gasteiger partial charge in [0.1, 0.15) is 5.82 Å². The Balaban J connectivity index is 2.01. The van der Waals surface area contributed by atoms with Gasteiger partial charge in [-0.3, -0.25) is 10.1 Å². The van der Waals surface area contributed by atoms with Crippen LogP contribution in [0.15, 0.2) is 42.5 Å². The Hall–Kier alpha value is -2.43. The Morgan fingerprint density at radius 1 is 1.21 bits per heavy atom. The lowest BCUT2D eigenvalue weighted by atomic mass is 10.2. The smallest absolute Gasteiger partial charge is 0.269 e. The molecule has 0 unspecified atom stereocenters. The van der Waals surface area contributed by atoms with Crippen molar-refractivity contribution < 1.29 is 9.31 Å². The fraction of sp³-hybridized carbons (Fsp3) is 0.143. The van der Waals surface area contributed by atoms with Crippen molar-refractivity contribution in [2.24, 2.45) is 0 Å². The number of nitro benzene ring substituents is 1. The van der Waals surface area contributed by atoms with Crippen LogP contribution in [0.25, 0.3) is 0 Å². The quantitative estimate of drug-likeness (QED) is 0.674. The molecule has 19 heavy (non-hydrogen) atoms. The van der Waals surface area contributed by atoms with Crippen molar-refractivity contribution in [1.29, 1.82) is 0 Å². The molecule has 0 heterocycles. The third-order valence-electron chi connectivity index (χ3n) is 2.80. The van der Waals surface area contributed by atoms with Gasteiger partial charge in [-0.1, -0.05) is 12.1 Å². The molecule has 0 spiro atoms. The number of aryl methyl sites for hydroxylation is 1. The fourth-order valence-corrected chi connectivity index (χ4v) is 1.69. The molecule has 2 rings (SSSR count). The van der Waals surface area contributed by atoms with E-state index in [9.17, 15) is 14.5 Å². The third kappa shape index (κ3) is 3.28. The summed E-state index contributed by atoms with van der Waals surface area (Å²) in [4.78, 5) is 10.1. The van der Waals surface area contributed by atoms with Crippen LogP contribution in [0.5, 0.6) is 0 Å². The van der Waals surface area contributed by atoms with Crippen molar-refractivity contribution >= 4 is 11.4 Å². The molecule has 0 aromatic heterocycles. The molecule has 0 saturated heterocycles. The Labute approximate surface area is 110 Å². The second-order valence-electron chi connectivity index (χ2n) is 4.24. The predicted molar refractivity (Wildman–Crippen MR) is 71.6 cm³/mol. The van der Waals surface area contributed by atoms with Gasteiger partial charge < -0.3 is 5.32 Å². The number of rotatable bonds is 4. The van der Waals surface area contributed by atoms with E-state index in [1.807, 2.05) is 0 Å². The van der Waals surface area contributed by atoms with E-state index in [2.05, 4.69) is 5.32 Å². The number of benzene rings is 2. The van der Waals surface area contributed by atoms with Crippen LogP contribution in [0.3, 0.4) is 0 Å². The Morgan fingerprint density at radius 2 is 1.89 bits per heavy atom. The van der Waals surface area contributed by atoms with Crippen LogP contribution in [0.2, 0.25) is 0 Å². The minimum Gasteiger partial charge on any atom is -0.381 e. The summed E-state index contributed by atoms with van der Waals surface area (Å²) in [5.41, 5.74) is 2.39. The zero-order valence-corrected chi connectivity index (χ0v) is 10.4. The molecule has 2 aromatic carbocycles. The third-order valence-corrected chi connectivity index (χ3v) is 2.80. The molecule has 98 valence electrons. The van der Waals surface area contributed by atoms with E-state index >= 15 is 0 Å². The topological polar surface area (TPSA) is 55.2 Å². The van der Waals surface area contributed by atoms with Crippen LogP contribution < -0.4 is 5.32 Å². The number of non-ortho nitro benzene ring substituents is 1. The highest BCUT2D eigenvalue weighted by molar-refractivity contribution is 5.46. The Kier molecular flexibility index (Phi) is 3.75. The lowest BCUT2D eigenvalue weighted by Gasteiger charge is -2.07. The summed E-state index contributed by atoms with van der Waals surface area (Å²) >= 11 is 0. The van der Waals surface area contributed by atoms with E-state index in [1.165, 1.54) is 18.2 Å². The number of halogens is 1. The van der Waals surface area contributed by atoms with E-state index in [0.29, 0.717) is 12.1 Å². The lowest BCUT2D eigenvalue weighted by Crippen LogP contribution is -2.00. The lowest BCUT2D eigenvalue weighted by molar-refractivity contribution is -0.384. The number of hydrogen-bond acceptors (Lipinski definition) is 3. The average molecular weight is 260 g/mol. The normalized spacial score (nSPS) is 10.2. The zero-order valence-electron chi connectivity index (χ0n) is 10.4. The molecule has 0 bridgehead atoms. The summed E-state index contributed by atoms with van der Waals surface area (Å²) in [6.45, 7) is 2.23. The number of nitrogens with one attached hydrogen (secondary N) is 1. The van der Waals surface area contributed by atoms with Crippen molar-refractivity contribution in [3.05, 3.63) is 69.5 Å². The Morgan fingerprint density at radius 3 is 2.47 bits per heavy atom. The van der Waals surface area contributed by atoms with Crippen molar-refractivity contribution in [1.82, 2.24) is 0 Å². The summed E-state index contributed by atoms with van der Waals surface area (Å²) in [7, 11) is 0. The number of anilines is 1. The Bertz CT molecular complexity index is 597. The average Bonchev–Trinajstić information content (AvgIpc) is 2.40. The summed E-state index contributed by atoms with van der Waals surface area (Å²) in [5.74, 6) is -0.235. The number of nitro groups is 1. The first kappa shape index (κ1) is 13.0. The monoisotopic (exact) mass is 260 g/mol. The van der Waals surface area contributed by atoms with Gasteiger partial charge in [0.15, 0.2) is 0 Å². The van der Waals surface area contributed by atoms with Gasteiger partial charge in [-0.25, -0.2) is 4.39 Å². The molecule has 0 aliphatic carbocycles. The highest BCUT2D eigenvalue weighted by atomic mass is 19.1. The predicted octanol–water partition coefficient (Wildman–Crippen LogP) is 3.65. The van der Waals surface area contributed by atoms with Crippen molar-refractivity contribution in [2.75, 3.05) is 5.32 Å². The van der Waals surface area contributed by atoms with E-state index < -0.39 is 4.92 Å². The standard InChI is InChI=1S/C14H13FN2O2/c1-10-8-12(4-7-14(10)15)16-9-11-2-5-13(6-3-11)17(18)19/h2-8,16H,9H2,1H3. The summed E-state index contributed by atoms with van der Waals surface area (Å²) in [6.07, 6.45) is 0. The summed E-state index contributed by atoms with van der Waals surface area (Å²) in [6, 6.07) is 11.1. The van der Waals surface area contributed by atoms with E-state index in [1.54, 1.807) is 31.2 Å². The van der Waals surface area contributed by atoms with Crippen LogP contribution in [0, 0.1) is 22.9 Å². The van der Waals surface area contributed by atoms with E-state index in [0.717, 1.165) is 11.3 Å². The molecule has 5 heteroatoms. The molecule has 0 atom stereocenters. The van der Waals surface area contributed by atoms with Crippen LogP contribution in [0.4, 0.5) is 15.8 Å². The molecule has 1 N–H and O–H groups in total. The molecule has 0 saturated carbocycles. The molecular weight excluding hydrogens is 247 g/mol. The van der Waals surface area contributed by atoms with Crippen molar-refractivity contribution in [3.8, 4) is 0 Å². The molecule has 0 radical (unpaired) electrons.